The molecule has 1 aliphatic heterocycles. The first-order valence-corrected chi connectivity index (χ1v) is 7.77. The van der Waals surface area contributed by atoms with Crippen LogP contribution in [0.3, 0.4) is 0 Å². The average Bonchev–Trinajstić information content (AvgIpc) is 2.67. The van der Waals surface area contributed by atoms with Crippen molar-refractivity contribution >= 4 is 0 Å². The van der Waals surface area contributed by atoms with E-state index in [1.54, 1.807) is 0 Å². The van der Waals surface area contributed by atoms with Crippen LogP contribution >= 0.6 is 0 Å². The second kappa shape index (κ2) is 7.53. The first-order valence-electron chi connectivity index (χ1n) is 7.77. The molecule has 20 heavy (non-hydrogen) atoms. The van der Waals surface area contributed by atoms with Crippen molar-refractivity contribution in [3.05, 3.63) is 23.8 Å². The number of benzene rings is 1. The maximum absolute atomic E-state index is 5.72. The summed E-state index contributed by atoms with van der Waals surface area (Å²) in [5.41, 5.74) is 1.26. The lowest BCUT2D eigenvalue weighted by Crippen LogP contribution is -2.25. The van der Waals surface area contributed by atoms with E-state index < -0.39 is 0 Å². The van der Waals surface area contributed by atoms with Gasteiger partial charge in [0, 0.05) is 19.0 Å². The Balaban J connectivity index is 1.85. The summed E-state index contributed by atoms with van der Waals surface area (Å²) in [6.07, 6.45) is 3.45. The van der Waals surface area contributed by atoms with Crippen molar-refractivity contribution in [2.75, 3.05) is 13.2 Å². The summed E-state index contributed by atoms with van der Waals surface area (Å²) < 4.78 is 11.4. The van der Waals surface area contributed by atoms with E-state index >= 15 is 0 Å². The summed E-state index contributed by atoms with van der Waals surface area (Å²) in [5, 5.41) is 3.58. The molecule has 0 aliphatic carbocycles. The van der Waals surface area contributed by atoms with Crippen molar-refractivity contribution in [3.8, 4) is 11.5 Å². The van der Waals surface area contributed by atoms with Gasteiger partial charge in [0.25, 0.3) is 0 Å². The largest absolute Gasteiger partial charge is 0.490 e. The van der Waals surface area contributed by atoms with Gasteiger partial charge in [0.05, 0.1) is 13.2 Å². The molecule has 1 aliphatic rings. The molecule has 0 bridgehead atoms. The highest BCUT2D eigenvalue weighted by Crippen LogP contribution is 2.30. The highest BCUT2D eigenvalue weighted by molar-refractivity contribution is 5.43. The molecule has 1 aromatic carbocycles. The Morgan fingerprint density at radius 2 is 1.80 bits per heavy atom. The third kappa shape index (κ3) is 4.71. The van der Waals surface area contributed by atoms with Gasteiger partial charge in [0.2, 0.25) is 0 Å². The van der Waals surface area contributed by atoms with Gasteiger partial charge in [-0.2, -0.15) is 0 Å². The van der Waals surface area contributed by atoms with Crippen molar-refractivity contribution in [1.82, 2.24) is 5.32 Å². The smallest absolute Gasteiger partial charge is 0.161 e. The Morgan fingerprint density at radius 3 is 2.55 bits per heavy atom. The van der Waals surface area contributed by atoms with Gasteiger partial charge in [-0.1, -0.05) is 19.9 Å². The Hall–Kier alpha value is -1.22. The molecule has 3 nitrogen and oxygen atoms in total. The third-order valence-electron chi connectivity index (χ3n) is 3.64. The molecule has 0 aromatic heterocycles. The summed E-state index contributed by atoms with van der Waals surface area (Å²) in [4.78, 5) is 0. The molecular formula is C17H27NO2. The molecule has 0 saturated carbocycles. The molecule has 1 unspecified atom stereocenters. The number of hydrogen-bond donors (Lipinski definition) is 1. The molecule has 0 spiro atoms. The zero-order valence-electron chi connectivity index (χ0n) is 12.9. The summed E-state index contributed by atoms with van der Waals surface area (Å²) in [7, 11) is 0. The second-order valence-electron chi connectivity index (χ2n) is 6.08. The van der Waals surface area contributed by atoms with Crippen LogP contribution in [0.15, 0.2) is 18.2 Å². The minimum absolute atomic E-state index is 0.549. The predicted molar refractivity (Wildman–Crippen MR) is 82.4 cm³/mol. The van der Waals surface area contributed by atoms with Crippen LogP contribution in [0, 0.1) is 5.92 Å². The monoisotopic (exact) mass is 277 g/mol. The third-order valence-corrected chi connectivity index (χ3v) is 3.64. The van der Waals surface area contributed by atoms with Gasteiger partial charge in [-0.25, -0.2) is 0 Å². The average molecular weight is 277 g/mol. The van der Waals surface area contributed by atoms with Crippen molar-refractivity contribution in [2.45, 2.75) is 52.6 Å². The van der Waals surface area contributed by atoms with Crippen LogP contribution < -0.4 is 14.8 Å². The van der Waals surface area contributed by atoms with Gasteiger partial charge in [-0.05, 0) is 43.4 Å². The molecule has 0 fully saturated rings. The van der Waals surface area contributed by atoms with E-state index in [2.05, 4.69) is 38.2 Å². The maximum atomic E-state index is 5.72. The predicted octanol–water partition coefficient (Wildman–Crippen LogP) is 3.76. The number of fused-ring (bicyclic) bond motifs is 1. The van der Waals surface area contributed by atoms with E-state index in [1.807, 2.05) is 6.07 Å². The number of nitrogens with one attached hydrogen (secondary N) is 1. The van der Waals surface area contributed by atoms with Gasteiger partial charge < -0.3 is 14.8 Å². The molecule has 1 N–H and O–H groups in total. The molecule has 0 radical (unpaired) electrons. The van der Waals surface area contributed by atoms with Crippen molar-refractivity contribution in [3.63, 3.8) is 0 Å². The van der Waals surface area contributed by atoms with Crippen LogP contribution in [0.2, 0.25) is 0 Å². The molecule has 112 valence electrons. The fourth-order valence-corrected chi connectivity index (χ4v) is 2.30. The van der Waals surface area contributed by atoms with Crippen molar-refractivity contribution < 1.29 is 9.47 Å². The fraction of sp³-hybridized carbons (Fsp3) is 0.647. The first kappa shape index (κ1) is 15.2. The van der Waals surface area contributed by atoms with E-state index in [4.69, 9.17) is 9.47 Å². The van der Waals surface area contributed by atoms with E-state index in [1.165, 1.54) is 18.4 Å². The first-order chi connectivity index (χ1) is 9.65. The quantitative estimate of drug-likeness (QED) is 0.858. The standard InChI is InChI=1S/C17H27NO2/c1-13(2)5-6-14(3)18-12-15-7-8-16-17(11-15)20-10-4-9-19-16/h7-8,11,13-14,18H,4-6,9-10,12H2,1-3H3. The van der Waals surface area contributed by atoms with Gasteiger partial charge >= 0.3 is 0 Å². The van der Waals surface area contributed by atoms with Crippen LogP contribution in [0.5, 0.6) is 11.5 Å². The Morgan fingerprint density at radius 1 is 1.05 bits per heavy atom. The fourth-order valence-electron chi connectivity index (χ4n) is 2.30. The molecule has 1 aromatic rings. The summed E-state index contributed by atoms with van der Waals surface area (Å²) in [6, 6.07) is 6.79. The lowest BCUT2D eigenvalue weighted by atomic mass is 10.0. The van der Waals surface area contributed by atoms with Crippen LogP contribution in [0.25, 0.3) is 0 Å². The molecule has 1 heterocycles. The number of hydrogen-bond acceptors (Lipinski definition) is 3. The lowest BCUT2D eigenvalue weighted by Gasteiger charge is -2.16. The minimum atomic E-state index is 0.549. The molecule has 0 saturated heterocycles. The summed E-state index contributed by atoms with van der Waals surface area (Å²) in [6.45, 7) is 9.18. The topological polar surface area (TPSA) is 30.5 Å². The molecule has 3 heteroatoms. The lowest BCUT2D eigenvalue weighted by molar-refractivity contribution is 0.297. The zero-order valence-corrected chi connectivity index (χ0v) is 12.9. The van der Waals surface area contributed by atoms with E-state index in [-0.39, 0.29) is 0 Å². The normalized spacial score (nSPS) is 16.0. The SMILES string of the molecule is CC(C)CCC(C)NCc1ccc2c(c1)OCCCO2. The Kier molecular flexibility index (Phi) is 5.72. The Labute approximate surface area is 122 Å². The van der Waals surface area contributed by atoms with Gasteiger partial charge in [0.15, 0.2) is 11.5 Å². The highest BCUT2D eigenvalue weighted by Gasteiger charge is 2.11. The second-order valence-corrected chi connectivity index (χ2v) is 6.08. The molecular weight excluding hydrogens is 250 g/mol. The van der Waals surface area contributed by atoms with Gasteiger partial charge in [-0.3, -0.25) is 0 Å². The van der Waals surface area contributed by atoms with Crippen LogP contribution in [0.4, 0.5) is 0 Å². The van der Waals surface area contributed by atoms with E-state index in [9.17, 15) is 0 Å². The van der Waals surface area contributed by atoms with Crippen molar-refractivity contribution in [2.24, 2.45) is 5.92 Å². The molecule has 1 atom stereocenters. The van der Waals surface area contributed by atoms with E-state index in [0.717, 1.165) is 43.6 Å². The van der Waals surface area contributed by atoms with Crippen LogP contribution in [-0.4, -0.2) is 19.3 Å². The summed E-state index contributed by atoms with van der Waals surface area (Å²) >= 11 is 0. The maximum Gasteiger partial charge on any atom is 0.161 e. The van der Waals surface area contributed by atoms with E-state index in [0.29, 0.717) is 6.04 Å². The Bertz CT molecular complexity index is 417. The molecule has 0 amide bonds. The number of rotatable bonds is 6. The summed E-state index contributed by atoms with van der Waals surface area (Å²) in [5.74, 6) is 2.54. The number of ether oxygens (including phenoxy) is 2. The minimum Gasteiger partial charge on any atom is -0.490 e. The molecule has 2 rings (SSSR count). The van der Waals surface area contributed by atoms with Gasteiger partial charge in [-0.15, -0.1) is 0 Å². The highest BCUT2D eigenvalue weighted by atomic mass is 16.5. The van der Waals surface area contributed by atoms with Crippen LogP contribution in [0.1, 0.15) is 45.6 Å². The zero-order chi connectivity index (χ0) is 14.4. The van der Waals surface area contributed by atoms with Crippen LogP contribution in [-0.2, 0) is 6.54 Å². The van der Waals surface area contributed by atoms with Crippen molar-refractivity contribution in [1.29, 1.82) is 0 Å². The van der Waals surface area contributed by atoms with Gasteiger partial charge in [0.1, 0.15) is 0 Å².